The quantitative estimate of drug-likeness (QED) is 0.471. The molecule has 0 radical (unpaired) electrons. The first kappa shape index (κ1) is 17.9. The third-order valence-corrected chi connectivity index (χ3v) is 4.50. The van der Waals surface area contributed by atoms with Gasteiger partial charge in [0.15, 0.2) is 17.7 Å². The lowest BCUT2D eigenvalue weighted by atomic mass is 10.2. The van der Waals surface area contributed by atoms with Gasteiger partial charge >= 0.3 is 0 Å². The van der Waals surface area contributed by atoms with E-state index in [-0.39, 0.29) is 11.2 Å². The number of hydrogen-bond acceptors (Lipinski definition) is 5. The number of amides is 1. The van der Waals surface area contributed by atoms with Crippen LogP contribution >= 0.6 is 11.8 Å². The van der Waals surface area contributed by atoms with Gasteiger partial charge in [-0.15, -0.1) is 0 Å². The van der Waals surface area contributed by atoms with Crippen molar-refractivity contribution < 1.29 is 19.0 Å². The van der Waals surface area contributed by atoms with Gasteiger partial charge in [0.1, 0.15) is 0 Å². The SMILES string of the molecule is COc1ccc(CNC(=O)[C@H](C)Sc2cccc[n+]2[O-])cc1OC. The maximum absolute atomic E-state index is 12.2. The van der Waals surface area contributed by atoms with Crippen LogP contribution < -0.4 is 19.5 Å². The van der Waals surface area contributed by atoms with E-state index in [1.165, 1.54) is 18.0 Å². The number of aromatic nitrogens is 1. The highest BCUT2D eigenvalue weighted by atomic mass is 32.2. The van der Waals surface area contributed by atoms with Crippen molar-refractivity contribution in [3.8, 4) is 11.5 Å². The molecule has 0 spiro atoms. The number of nitrogens with one attached hydrogen (secondary N) is 1. The van der Waals surface area contributed by atoms with E-state index in [0.29, 0.717) is 23.1 Å². The summed E-state index contributed by atoms with van der Waals surface area (Å²) in [4.78, 5) is 12.2. The summed E-state index contributed by atoms with van der Waals surface area (Å²) >= 11 is 1.22. The summed E-state index contributed by atoms with van der Waals surface area (Å²) in [5.41, 5.74) is 0.900. The number of thioether (sulfide) groups is 1. The standard InChI is InChI=1S/C17H20N2O4S/c1-12(24-16-6-4-5-9-19(16)21)17(20)18-11-13-7-8-14(22-2)15(10-13)23-3/h4-10,12H,11H2,1-3H3,(H,18,20)/t12-/m0/s1. The van der Waals surface area contributed by atoms with E-state index in [0.717, 1.165) is 10.3 Å². The molecule has 1 N–H and O–H groups in total. The van der Waals surface area contributed by atoms with Crippen molar-refractivity contribution in [2.45, 2.75) is 23.7 Å². The lowest BCUT2D eigenvalue weighted by molar-refractivity contribution is -0.645. The number of rotatable bonds is 7. The molecule has 1 aromatic carbocycles. The maximum Gasteiger partial charge on any atom is 0.252 e. The van der Waals surface area contributed by atoms with Crippen LogP contribution in [0.4, 0.5) is 0 Å². The van der Waals surface area contributed by atoms with Crippen LogP contribution in [0.15, 0.2) is 47.6 Å². The molecule has 0 unspecified atom stereocenters. The van der Waals surface area contributed by atoms with E-state index >= 15 is 0 Å². The second-order valence-electron chi connectivity index (χ2n) is 5.03. The van der Waals surface area contributed by atoms with E-state index in [2.05, 4.69) is 5.32 Å². The van der Waals surface area contributed by atoms with Gasteiger partial charge in [-0.05, 0) is 42.4 Å². The first-order chi connectivity index (χ1) is 11.5. The Morgan fingerprint density at radius 1 is 1.25 bits per heavy atom. The van der Waals surface area contributed by atoms with Crippen LogP contribution in [0.1, 0.15) is 12.5 Å². The summed E-state index contributed by atoms with van der Waals surface area (Å²) in [6.07, 6.45) is 1.41. The van der Waals surface area contributed by atoms with E-state index in [4.69, 9.17) is 9.47 Å². The van der Waals surface area contributed by atoms with E-state index in [9.17, 15) is 10.0 Å². The average Bonchev–Trinajstić information content (AvgIpc) is 2.61. The summed E-state index contributed by atoms with van der Waals surface area (Å²) in [5.74, 6) is 1.11. The normalized spacial score (nSPS) is 11.6. The Morgan fingerprint density at radius 3 is 2.67 bits per heavy atom. The van der Waals surface area contributed by atoms with Gasteiger partial charge in [0, 0.05) is 18.7 Å². The number of carbonyl (C=O) groups is 1. The Labute approximate surface area is 145 Å². The number of benzene rings is 1. The number of pyridine rings is 1. The number of methoxy groups -OCH3 is 2. The molecule has 0 saturated heterocycles. The third-order valence-electron chi connectivity index (χ3n) is 3.37. The van der Waals surface area contributed by atoms with Crippen molar-refractivity contribution in [3.63, 3.8) is 0 Å². The Hall–Kier alpha value is -2.41. The lowest BCUT2D eigenvalue weighted by Gasteiger charge is -2.13. The highest BCUT2D eigenvalue weighted by Gasteiger charge is 2.18. The van der Waals surface area contributed by atoms with E-state index < -0.39 is 0 Å². The molecule has 7 heteroatoms. The fraction of sp³-hybridized carbons (Fsp3) is 0.294. The fourth-order valence-corrected chi connectivity index (χ4v) is 2.94. The highest BCUT2D eigenvalue weighted by Crippen LogP contribution is 2.27. The molecule has 0 saturated carbocycles. The number of carbonyl (C=O) groups excluding carboxylic acids is 1. The first-order valence-electron chi connectivity index (χ1n) is 7.38. The summed E-state index contributed by atoms with van der Waals surface area (Å²) in [6.45, 7) is 2.14. The van der Waals surface area contributed by atoms with Gasteiger partial charge in [-0.3, -0.25) is 4.79 Å². The Morgan fingerprint density at radius 2 is 2.00 bits per heavy atom. The first-order valence-corrected chi connectivity index (χ1v) is 8.26. The molecule has 0 fully saturated rings. The molecule has 0 bridgehead atoms. The van der Waals surface area contributed by atoms with Gasteiger partial charge in [0.2, 0.25) is 5.91 Å². The molecule has 0 aliphatic rings. The van der Waals surface area contributed by atoms with Crippen LogP contribution in [0.2, 0.25) is 0 Å². The van der Waals surface area contributed by atoms with Crippen LogP contribution in [-0.4, -0.2) is 25.4 Å². The van der Waals surface area contributed by atoms with Crippen molar-refractivity contribution >= 4 is 17.7 Å². The van der Waals surface area contributed by atoms with Crippen LogP contribution in [0.3, 0.4) is 0 Å². The zero-order valence-corrected chi connectivity index (χ0v) is 14.6. The fourth-order valence-electron chi connectivity index (χ4n) is 2.06. The Balaban J connectivity index is 1.94. The molecule has 6 nitrogen and oxygen atoms in total. The molecule has 0 aliphatic carbocycles. The lowest BCUT2D eigenvalue weighted by Crippen LogP contribution is -2.33. The minimum Gasteiger partial charge on any atom is -0.618 e. The number of hydrogen-bond donors (Lipinski definition) is 1. The molecule has 0 aliphatic heterocycles. The predicted molar refractivity (Wildman–Crippen MR) is 92.1 cm³/mol. The molecule has 1 heterocycles. The zero-order chi connectivity index (χ0) is 17.5. The summed E-state index contributed by atoms with van der Waals surface area (Å²) in [6, 6.07) is 10.6. The number of ether oxygens (including phenoxy) is 2. The van der Waals surface area contributed by atoms with Gasteiger partial charge in [0.25, 0.3) is 5.03 Å². The van der Waals surface area contributed by atoms with Gasteiger partial charge in [-0.25, -0.2) is 0 Å². The molecule has 24 heavy (non-hydrogen) atoms. The van der Waals surface area contributed by atoms with Gasteiger partial charge in [-0.1, -0.05) is 6.07 Å². The van der Waals surface area contributed by atoms with Crippen molar-refractivity contribution in [1.29, 1.82) is 0 Å². The molecule has 1 atom stereocenters. The maximum atomic E-state index is 12.2. The minimum atomic E-state index is -0.382. The highest BCUT2D eigenvalue weighted by molar-refractivity contribution is 8.00. The van der Waals surface area contributed by atoms with Crippen molar-refractivity contribution in [1.82, 2.24) is 5.32 Å². The Kier molecular flexibility index (Phi) is 6.31. The minimum absolute atomic E-state index is 0.140. The molecule has 1 amide bonds. The van der Waals surface area contributed by atoms with E-state index in [1.807, 2.05) is 12.1 Å². The van der Waals surface area contributed by atoms with Gasteiger partial charge in [0.05, 0.1) is 19.5 Å². The van der Waals surface area contributed by atoms with Gasteiger partial charge < -0.3 is 20.0 Å². The molecule has 2 aromatic rings. The Bertz CT molecular complexity index is 709. The summed E-state index contributed by atoms with van der Waals surface area (Å²) < 4.78 is 11.2. The van der Waals surface area contributed by atoms with Crippen LogP contribution in [-0.2, 0) is 11.3 Å². The zero-order valence-electron chi connectivity index (χ0n) is 13.8. The molecule has 2 rings (SSSR count). The van der Waals surface area contributed by atoms with Crippen LogP contribution in [0, 0.1) is 5.21 Å². The smallest absolute Gasteiger partial charge is 0.252 e. The van der Waals surface area contributed by atoms with Gasteiger partial charge in [-0.2, -0.15) is 4.73 Å². The molecular formula is C17H20N2O4S. The predicted octanol–water partition coefficient (Wildman–Crippen LogP) is 2.13. The van der Waals surface area contributed by atoms with Crippen molar-refractivity contribution in [3.05, 3.63) is 53.4 Å². The van der Waals surface area contributed by atoms with Crippen LogP contribution in [0.25, 0.3) is 0 Å². The largest absolute Gasteiger partial charge is 0.618 e. The second kappa shape index (κ2) is 8.44. The topological polar surface area (TPSA) is 74.5 Å². The monoisotopic (exact) mass is 348 g/mol. The molecule has 128 valence electrons. The summed E-state index contributed by atoms with van der Waals surface area (Å²) in [5, 5.41) is 14.6. The number of nitrogens with zero attached hydrogens (tertiary/aromatic N) is 1. The second-order valence-corrected chi connectivity index (χ2v) is 6.39. The molecule has 1 aromatic heterocycles. The van der Waals surface area contributed by atoms with E-state index in [1.54, 1.807) is 45.4 Å². The van der Waals surface area contributed by atoms with Crippen LogP contribution in [0.5, 0.6) is 11.5 Å². The van der Waals surface area contributed by atoms with Crippen molar-refractivity contribution in [2.75, 3.05) is 14.2 Å². The summed E-state index contributed by atoms with van der Waals surface area (Å²) in [7, 11) is 3.14. The average molecular weight is 348 g/mol. The molecular weight excluding hydrogens is 328 g/mol. The third kappa shape index (κ3) is 4.55. The van der Waals surface area contributed by atoms with Crippen molar-refractivity contribution in [2.24, 2.45) is 0 Å².